The van der Waals surface area contributed by atoms with Crippen molar-refractivity contribution in [2.24, 2.45) is 5.10 Å². The highest BCUT2D eigenvalue weighted by atomic mass is 16.5. The fraction of sp³-hybridized carbons (Fsp3) is 0.333. The van der Waals surface area contributed by atoms with E-state index in [1.807, 2.05) is 24.3 Å². The van der Waals surface area contributed by atoms with E-state index in [2.05, 4.69) is 5.10 Å². The molecule has 1 aliphatic heterocycles. The predicted molar refractivity (Wildman–Crippen MR) is 62.3 cm³/mol. The molecule has 5 heteroatoms. The summed E-state index contributed by atoms with van der Waals surface area (Å²) in [5.74, 6) is -0.351. The van der Waals surface area contributed by atoms with Crippen molar-refractivity contribution in [1.82, 2.24) is 0 Å². The second kappa shape index (κ2) is 5.07. The number of hydrogen-bond acceptors (Lipinski definition) is 4. The molecule has 2 rings (SSSR count). The van der Waals surface area contributed by atoms with Crippen molar-refractivity contribution in [3.63, 3.8) is 0 Å². The minimum absolute atomic E-state index is 0.0522. The van der Waals surface area contributed by atoms with Crippen molar-refractivity contribution >= 4 is 11.7 Å². The van der Waals surface area contributed by atoms with Crippen molar-refractivity contribution in [3.05, 3.63) is 40.6 Å². The molecule has 90 valence electrons. The van der Waals surface area contributed by atoms with Crippen molar-refractivity contribution in [1.29, 1.82) is 0 Å². The van der Waals surface area contributed by atoms with Gasteiger partial charge in [-0.05, 0) is 6.92 Å². The second-order valence-corrected chi connectivity index (χ2v) is 3.77. The molecular weight excluding hydrogens is 220 g/mol. The van der Waals surface area contributed by atoms with E-state index in [-0.39, 0.29) is 17.6 Å². The summed E-state index contributed by atoms with van der Waals surface area (Å²) in [6.07, 6.45) is 0.0522. The van der Waals surface area contributed by atoms with Crippen LogP contribution in [0.2, 0.25) is 0 Å². The molecule has 0 amide bonds. The maximum atomic E-state index is 11.4. The largest absolute Gasteiger partial charge is 0.606 e. The molecule has 5 nitrogen and oxygen atoms in total. The number of rotatable bonds is 3. The van der Waals surface area contributed by atoms with Crippen LogP contribution in [0.15, 0.2) is 29.4 Å². The fourth-order valence-electron chi connectivity index (χ4n) is 1.85. The molecule has 0 bridgehead atoms. The molecule has 0 fully saturated rings. The zero-order chi connectivity index (χ0) is 12.3. The van der Waals surface area contributed by atoms with E-state index in [1.165, 1.54) is 0 Å². The number of nitrogens with one attached hydrogen (secondary N) is 1. The number of esters is 1. The Morgan fingerprint density at radius 1 is 1.53 bits per heavy atom. The van der Waals surface area contributed by atoms with Crippen molar-refractivity contribution in [3.8, 4) is 0 Å². The number of hydrogen-bond donors (Lipinski definition) is 1. The number of nitrogens with zero attached hydrogens (tertiary/aromatic N) is 1. The summed E-state index contributed by atoms with van der Waals surface area (Å²) in [7, 11) is 0. The third kappa shape index (κ3) is 2.69. The van der Waals surface area contributed by atoms with Gasteiger partial charge in [-0.15, -0.1) is 0 Å². The number of ether oxygens (including phenoxy) is 1. The van der Waals surface area contributed by atoms with Crippen LogP contribution in [0.3, 0.4) is 0 Å². The third-order valence-electron chi connectivity index (χ3n) is 2.55. The van der Waals surface area contributed by atoms with Crippen LogP contribution in [0.5, 0.6) is 0 Å². The summed E-state index contributed by atoms with van der Waals surface area (Å²) >= 11 is 0. The lowest BCUT2D eigenvalue weighted by atomic mass is 10.00. The van der Waals surface area contributed by atoms with Gasteiger partial charge in [0.2, 0.25) is 0 Å². The Bertz CT molecular complexity index is 457. The zero-order valence-electron chi connectivity index (χ0n) is 9.60. The molecule has 0 aromatic heterocycles. The molecule has 0 spiro atoms. The van der Waals surface area contributed by atoms with Gasteiger partial charge in [-0.3, -0.25) is 4.79 Å². The van der Waals surface area contributed by atoms with E-state index in [0.29, 0.717) is 18.9 Å². The van der Waals surface area contributed by atoms with Crippen LogP contribution >= 0.6 is 0 Å². The first-order chi connectivity index (χ1) is 8.20. The quantitative estimate of drug-likeness (QED) is 0.602. The molecule has 1 aromatic carbocycles. The number of fused-ring (bicyclic) bond motifs is 1. The smallest absolute Gasteiger partial charge is 0.312 e. The SMILES string of the molecule is CCOC(=O)CC1=N[NH+]([O-])Cc2ccccc21. The maximum absolute atomic E-state index is 11.4. The van der Waals surface area contributed by atoms with E-state index in [0.717, 1.165) is 11.1 Å². The van der Waals surface area contributed by atoms with Gasteiger partial charge in [0.05, 0.1) is 13.0 Å². The van der Waals surface area contributed by atoms with Crippen LogP contribution in [-0.2, 0) is 16.1 Å². The Morgan fingerprint density at radius 3 is 3.06 bits per heavy atom. The van der Waals surface area contributed by atoms with Crippen LogP contribution in [0.25, 0.3) is 0 Å². The summed E-state index contributed by atoms with van der Waals surface area (Å²) in [5.41, 5.74) is 2.31. The van der Waals surface area contributed by atoms with Gasteiger partial charge in [0.1, 0.15) is 12.3 Å². The molecule has 0 aliphatic carbocycles. The number of hydroxylamine groups is 1. The van der Waals surface area contributed by atoms with Gasteiger partial charge < -0.3 is 9.94 Å². The van der Waals surface area contributed by atoms with Crippen LogP contribution in [0.1, 0.15) is 24.5 Å². The number of carbonyl (C=O) groups excluding carboxylic acids is 1. The minimum Gasteiger partial charge on any atom is -0.606 e. The normalized spacial score (nSPS) is 18.2. The molecule has 1 unspecified atom stereocenters. The molecule has 0 saturated heterocycles. The average molecular weight is 234 g/mol. The maximum Gasteiger partial charge on any atom is 0.312 e. The van der Waals surface area contributed by atoms with Crippen molar-refractivity contribution in [2.45, 2.75) is 19.9 Å². The van der Waals surface area contributed by atoms with Crippen LogP contribution in [0.4, 0.5) is 0 Å². The predicted octanol–water partition coefficient (Wildman–Crippen LogP) is 0.240. The Balaban J connectivity index is 2.23. The Morgan fingerprint density at radius 2 is 2.29 bits per heavy atom. The van der Waals surface area contributed by atoms with E-state index in [4.69, 9.17) is 4.74 Å². The van der Waals surface area contributed by atoms with Crippen molar-refractivity contribution in [2.75, 3.05) is 6.61 Å². The Kier molecular flexibility index (Phi) is 3.51. The molecule has 1 N–H and O–H groups in total. The van der Waals surface area contributed by atoms with E-state index >= 15 is 0 Å². The van der Waals surface area contributed by atoms with Gasteiger partial charge >= 0.3 is 5.97 Å². The van der Waals surface area contributed by atoms with Gasteiger partial charge in [-0.2, -0.15) is 0 Å². The van der Waals surface area contributed by atoms with Crippen LogP contribution < -0.4 is 5.17 Å². The van der Waals surface area contributed by atoms with Crippen LogP contribution in [0, 0.1) is 5.21 Å². The van der Waals surface area contributed by atoms with Crippen molar-refractivity contribution < 1.29 is 14.7 Å². The summed E-state index contributed by atoms with van der Waals surface area (Å²) in [5, 5.41) is 15.2. The van der Waals surface area contributed by atoms with Gasteiger partial charge in [0.15, 0.2) is 0 Å². The summed E-state index contributed by atoms with van der Waals surface area (Å²) in [6.45, 7) is 2.39. The standard InChI is InChI=1S/C12H14N2O3/c1-2-17-12(15)7-11-10-6-4-3-5-9(10)8-14(16)13-11/h3-6,14H,2,7-8H2,1H3. The molecular formula is C12H14N2O3. The third-order valence-corrected chi connectivity index (χ3v) is 2.55. The summed E-state index contributed by atoms with van der Waals surface area (Å²) in [6, 6.07) is 7.50. The first-order valence-corrected chi connectivity index (χ1v) is 5.55. The highest BCUT2D eigenvalue weighted by Gasteiger charge is 2.21. The number of benzene rings is 1. The van der Waals surface area contributed by atoms with E-state index < -0.39 is 0 Å². The first-order valence-electron chi connectivity index (χ1n) is 5.55. The average Bonchev–Trinajstić information content (AvgIpc) is 2.29. The molecule has 1 aliphatic rings. The molecule has 1 atom stereocenters. The second-order valence-electron chi connectivity index (χ2n) is 3.77. The number of carbonyl (C=O) groups is 1. The summed E-state index contributed by atoms with van der Waals surface area (Å²) < 4.78 is 4.86. The topological polar surface area (TPSA) is 66.2 Å². The van der Waals surface area contributed by atoms with E-state index in [1.54, 1.807) is 6.92 Å². The Labute approximate surface area is 99.3 Å². The molecule has 17 heavy (non-hydrogen) atoms. The Hall–Kier alpha value is -1.72. The monoisotopic (exact) mass is 234 g/mol. The first kappa shape index (κ1) is 11.8. The highest BCUT2D eigenvalue weighted by Crippen LogP contribution is 2.13. The highest BCUT2D eigenvalue weighted by molar-refractivity contribution is 6.10. The minimum atomic E-state index is -0.351. The lowest BCUT2D eigenvalue weighted by molar-refractivity contribution is -0.870. The van der Waals surface area contributed by atoms with E-state index in [9.17, 15) is 10.0 Å². The van der Waals surface area contributed by atoms with Gasteiger partial charge in [-0.25, -0.2) is 5.17 Å². The molecule has 0 radical (unpaired) electrons. The lowest BCUT2D eigenvalue weighted by Crippen LogP contribution is -3.01. The van der Waals surface area contributed by atoms with Gasteiger partial charge in [0, 0.05) is 11.1 Å². The molecule has 1 heterocycles. The lowest BCUT2D eigenvalue weighted by Gasteiger charge is -2.23. The summed E-state index contributed by atoms with van der Waals surface area (Å²) in [4.78, 5) is 11.4. The fourth-order valence-corrected chi connectivity index (χ4v) is 1.85. The molecule has 1 aromatic rings. The molecule has 0 saturated carbocycles. The zero-order valence-corrected chi connectivity index (χ0v) is 9.60. The number of quaternary nitrogens is 1. The van der Waals surface area contributed by atoms with Gasteiger partial charge in [0.25, 0.3) is 0 Å². The van der Waals surface area contributed by atoms with Gasteiger partial charge in [-0.1, -0.05) is 29.4 Å². The van der Waals surface area contributed by atoms with Crippen LogP contribution in [-0.4, -0.2) is 18.3 Å².